The number of nitrogens with one attached hydrogen (secondary N) is 1. The molecule has 2 aromatic rings. The maximum Gasteiger partial charge on any atom is 0.211 e. The van der Waals surface area contributed by atoms with Crippen molar-refractivity contribution in [2.75, 3.05) is 25.9 Å². The lowest BCUT2D eigenvalue weighted by atomic mass is 10.2. The summed E-state index contributed by atoms with van der Waals surface area (Å²) in [5, 5.41) is 3.35. The van der Waals surface area contributed by atoms with Crippen molar-refractivity contribution < 1.29 is 8.42 Å². The van der Waals surface area contributed by atoms with E-state index in [1.807, 2.05) is 17.7 Å². The molecule has 0 fully saturated rings. The van der Waals surface area contributed by atoms with Gasteiger partial charge in [-0.05, 0) is 30.7 Å². The van der Waals surface area contributed by atoms with E-state index in [1.165, 1.54) is 16.1 Å². The van der Waals surface area contributed by atoms with Gasteiger partial charge in [-0.25, -0.2) is 17.7 Å². The Hall–Kier alpha value is -1.70. The summed E-state index contributed by atoms with van der Waals surface area (Å²) in [5.41, 5.74) is 2.28. The Morgan fingerprint density at radius 1 is 1.26 bits per heavy atom. The quantitative estimate of drug-likeness (QED) is 0.707. The average molecular weight is 336 g/mol. The zero-order chi connectivity index (χ0) is 16.7. The summed E-state index contributed by atoms with van der Waals surface area (Å²) in [7, 11) is -3.08. The van der Waals surface area contributed by atoms with Crippen LogP contribution in [0.2, 0.25) is 0 Å². The van der Waals surface area contributed by atoms with Crippen molar-refractivity contribution in [1.82, 2.24) is 19.2 Å². The van der Waals surface area contributed by atoms with Crippen LogP contribution in [0.1, 0.15) is 18.9 Å². The fourth-order valence-electron chi connectivity index (χ4n) is 2.37. The zero-order valence-corrected chi connectivity index (χ0v) is 14.5. The van der Waals surface area contributed by atoms with E-state index in [0.29, 0.717) is 13.1 Å². The maximum absolute atomic E-state index is 11.5. The summed E-state index contributed by atoms with van der Waals surface area (Å²) in [5.74, 6) is 0. The Labute approximate surface area is 138 Å². The molecule has 0 saturated heterocycles. The molecule has 0 bridgehead atoms. The number of hydrogen-bond donors (Lipinski definition) is 1. The Balaban J connectivity index is 1.72. The van der Waals surface area contributed by atoms with E-state index in [-0.39, 0.29) is 0 Å². The van der Waals surface area contributed by atoms with Crippen LogP contribution in [0.3, 0.4) is 0 Å². The van der Waals surface area contributed by atoms with Crippen LogP contribution in [0.25, 0.3) is 5.69 Å². The second-order valence-electron chi connectivity index (χ2n) is 5.42. The van der Waals surface area contributed by atoms with E-state index in [9.17, 15) is 8.42 Å². The molecule has 0 unspecified atom stereocenters. The van der Waals surface area contributed by atoms with Crippen molar-refractivity contribution in [2.45, 2.75) is 19.9 Å². The minimum Gasteiger partial charge on any atom is -0.313 e. The maximum atomic E-state index is 11.5. The first-order valence-electron chi connectivity index (χ1n) is 7.74. The molecule has 6 nitrogen and oxygen atoms in total. The lowest BCUT2D eigenvalue weighted by molar-refractivity contribution is 0.419. The van der Waals surface area contributed by atoms with Crippen LogP contribution < -0.4 is 5.32 Å². The predicted octanol–water partition coefficient (Wildman–Crippen LogP) is 1.63. The van der Waals surface area contributed by atoms with E-state index >= 15 is 0 Å². The standard InChI is InChI=1S/C16H24N4O2S/c1-3-20(23(2,21)22)11-4-9-17-13-15-5-7-16(8-6-15)19-12-10-18-14-19/h5-8,10,12,14,17H,3-4,9,11,13H2,1-2H3. The average Bonchev–Trinajstić information content (AvgIpc) is 3.04. The van der Waals surface area contributed by atoms with Gasteiger partial charge in [-0.3, -0.25) is 0 Å². The molecule has 0 aliphatic heterocycles. The van der Waals surface area contributed by atoms with Crippen LogP contribution in [0.4, 0.5) is 0 Å². The van der Waals surface area contributed by atoms with Crippen LogP contribution in [-0.4, -0.2) is 48.2 Å². The molecule has 0 spiro atoms. The number of benzene rings is 1. The number of sulfonamides is 1. The van der Waals surface area contributed by atoms with E-state index in [1.54, 1.807) is 12.5 Å². The highest BCUT2D eigenvalue weighted by Crippen LogP contribution is 2.09. The Morgan fingerprint density at radius 3 is 2.57 bits per heavy atom. The highest BCUT2D eigenvalue weighted by atomic mass is 32.2. The second-order valence-corrected chi connectivity index (χ2v) is 7.40. The second kappa shape index (κ2) is 8.24. The topological polar surface area (TPSA) is 67.2 Å². The zero-order valence-electron chi connectivity index (χ0n) is 13.6. The molecule has 1 heterocycles. The first-order chi connectivity index (χ1) is 11.0. The number of hydrogen-bond acceptors (Lipinski definition) is 4. The van der Waals surface area contributed by atoms with Gasteiger partial charge in [0.05, 0.1) is 12.6 Å². The molecule has 7 heteroatoms. The van der Waals surface area contributed by atoms with Gasteiger partial charge in [-0.1, -0.05) is 19.1 Å². The van der Waals surface area contributed by atoms with E-state index in [2.05, 4.69) is 34.6 Å². The van der Waals surface area contributed by atoms with Crippen molar-refractivity contribution in [3.05, 3.63) is 48.5 Å². The first-order valence-corrected chi connectivity index (χ1v) is 9.58. The van der Waals surface area contributed by atoms with Gasteiger partial charge in [0.2, 0.25) is 10.0 Å². The summed E-state index contributed by atoms with van der Waals surface area (Å²) in [6.07, 6.45) is 7.49. The monoisotopic (exact) mass is 336 g/mol. The molecule has 2 rings (SSSR count). The Bertz CT molecular complexity index is 681. The van der Waals surface area contributed by atoms with Crippen molar-refractivity contribution in [2.24, 2.45) is 0 Å². The minimum absolute atomic E-state index is 0.522. The van der Waals surface area contributed by atoms with Gasteiger partial charge in [0.25, 0.3) is 0 Å². The molecule has 0 aliphatic rings. The van der Waals surface area contributed by atoms with Gasteiger partial charge >= 0.3 is 0 Å². The molecule has 0 radical (unpaired) electrons. The van der Waals surface area contributed by atoms with Gasteiger partial charge in [0.1, 0.15) is 0 Å². The lowest BCUT2D eigenvalue weighted by Crippen LogP contribution is -2.32. The van der Waals surface area contributed by atoms with Crippen LogP contribution in [0, 0.1) is 0 Å². The minimum atomic E-state index is -3.08. The smallest absolute Gasteiger partial charge is 0.211 e. The van der Waals surface area contributed by atoms with Crippen molar-refractivity contribution >= 4 is 10.0 Å². The molecule has 0 aliphatic carbocycles. The van der Waals surface area contributed by atoms with Crippen LogP contribution in [-0.2, 0) is 16.6 Å². The predicted molar refractivity (Wildman–Crippen MR) is 92.0 cm³/mol. The van der Waals surface area contributed by atoms with E-state index in [4.69, 9.17) is 0 Å². The third-order valence-corrected chi connectivity index (χ3v) is 5.03. The highest BCUT2D eigenvalue weighted by Gasteiger charge is 2.12. The Kier molecular flexibility index (Phi) is 6.32. The fraction of sp³-hybridized carbons (Fsp3) is 0.438. The van der Waals surface area contributed by atoms with Gasteiger partial charge < -0.3 is 9.88 Å². The van der Waals surface area contributed by atoms with E-state index in [0.717, 1.165) is 25.2 Å². The summed E-state index contributed by atoms with van der Waals surface area (Å²) in [6.45, 7) is 4.50. The largest absolute Gasteiger partial charge is 0.313 e. The molecule has 126 valence electrons. The molecule has 0 saturated carbocycles. The van der Waals surface area contributed by atoms with Crippen LogP contribution in [0.15, 0.2) is 43.0 Å². The molecule has 1 aromatic carbocycles. The van der Waals surface area contributed by atoms with Crippen molar-refractivity contribution in [1.29, 1.82) is 0 Å². The number of nitrogens with zero attached hydrogens (tertiary/aromatic N) is 3. The van der Waals surface area contributed by atoms with Gasteiger partial charge in [-0.2, -0.15) is 0 Å². The summed E-state index contributed by atoms with van der Waals surface area (Å²) < 4.78 is 26.4. The molecule has 1 aromatic heterocycles. The van der Waals surface area contributed by atoms with Gasteiger partial charge in [0, 0.05) is 37.7 Å². The van der Waals surface area contributed by atoms with Crippen molar-refractivity contribution in [3.63, 3.8) is 0 Å². The molecule has 23 heavy (non-hydrogen) atoms. The van der Waals surface area contributed by atoms with Gasteiger partial charge in [0.15, 0.2) is 0 Å². The van der Waals surface area contributed by atoms with Crippen LogP contribution >= 0.6 is 0 Å². The summed E-state index contributed by atoms with van der Waals surface area (Å²) >= 11 is 0. The number of rotatable bonds is 9. The third kappa shape index (κ3) is 5.46. The third-order valence-electron chi connectivity index (χ3n) is 3.65. The molecule has 0 amide bonds. The van der Waals surface area contributed by atoms with Gasteiger partial charge in [-0.15, -0.1) is 0 Å². The first kappa shape index (κ1) is 17.7. The Morgan fingerprint density at radius 2 is 2.00 bits per heavy atom. The highest BCUT2D eigenvalue weighted by molar-refractivity contribution is 7.88. The number of imidazole rings is 1. The van der Waals surface area contributed by atoms with E-state index < -0.39 is 10.0 Å². The molecular formula is C16H24N4O2S. The number of aromatic nitrogens is 2. The van der Waals surface area contributed by atoms with Crippen LogP contribution in [0.5, 0.6) is 0 Å². The SMILES string of the molecule is CCN(CCCNCc1ccc(-n2ccnc2)cc1)S(C)(=O)=O. The molecular weight excluding hydrogens is 312 g/mol. The normalized spacial score (nSPS) is 12.0. The lowest BCUT2D eigenvalue weighted by Gasteiger charge is -2.17. The molecule has 1 N–H and O–H groups in total. The fourth-order valence-corrected chi connectivity index (χ4v) is 3.30. The summed E-state index contributed by atoms with van der Waals surface area (Å²) in [6, 6.07) is 8.27. The molecule has 0 atom stereocenters. The summed E-state index contributed by atoms with van der Waals surface area (Å²) in [4.78, 5) is 4.03. The van der Waals surface area contributed by atoms with Crippen molar-refractivity contribution in [3.8, 4) is 5.69 Å².